The third-order valence-corrected chi connectivity index (χ3v) is 3.25. The molecule has 11 heteroatoms. The number of carboxylic acids is 1. The molecule has 1 aromatic heterocycles. The van der Waals surface area contributed by atoms with Crippen molar-refractivity contribution in [3.63, 3.8) is 0 Å². The van der Waals surface area contributed by atoms with Gasteiger partial charge in [-0.25, -0.2) is 4.79 Å². The summed E-state index contributed by atoms with van der Waals surface area (Å²) in [5, 5.41) is 15.4. The van der Waals surface area contributed by atoms with Gasteiger partial charge in [0.1, 0.15) is 12.6 Å². The minimum atomic E-state index is -4.85. The van der Waals surface area contributed by atoms with Crippen molar-refractivity contribution in [3.8, 4) is 0 Å². The second-order valence-electron chi connectivity index (χ2n) is 5.47. The molecule has 1 fully saturated rings. The van der Waals surface area contributed by atoms with Crippen molar-refractivity contribution in [1.29, 1.82) is 0 Å². The molecular formula is C15H19F3N3O5+. The Balaban J connectivity index is 0.000000359. The maximum absolute atomic E-state index is 11.7. The Morgan fingerprint density at radius 3 is 2.42 bits per heavy atom. The molecule has 0 aliphatic heterocycles. The number of nitrogens with one attached hydrogen (secondary N) is 1. The van der Waals surface area contributed by atoms with Gasteiger partial charge < -0.3 is 15.2 Å². The lowest BCUT2D eigenvalue weighted by molar-refractivity contribution is -0.753. The lowest BCUT2D eigenvalue weighted by atomic mass is 10.3. The molecule has 1 aromatic rings. The van der Waals surface area contributed by atoms with Crippen LogP contribution in [-0.2, 0) is 20.9 Å². The van der Waals surface area contributed by atoms with E-state index >= 15 is 0 Å². The molecule has 0 bridgehead atoms. The number of aromatic nitrogens is 2. The first-order valence-corrected chi connectivity index (χ1v) is 7.64. The fourth-order valence-electron chi connectivity index (χ4n) is 1.64. The summed E-state index contributed by atoms with van der Waals surface area (Å²) in [6, 6.07) is 1.65. The molecule has 8 nitrogen and oxygen atoms in total. The molecule has 0 saturated heterocycles. The van der Waals surface area contributed by atoms with E-state index in [1.54, 1.807) is 12.3 Å². The summed E-state index contributed by atoms with van der Waals surface area (Å²) in [4.78, 5) is 31.6. The number of hydrogen-bond acceptors (Lipinski definition) is 5. The van der Waals surface area contributed by atoms with Crippen LogP contribution in [0.2, 0.25) is 0 Å². The summed E-state index contributed by atoms with van der Waals surface area (Å²) in [6.45, 7) is 1.03. The van der Waals surface area contributed by atoms with Crippen LogP contribution in [0.5, 0.6) is 0 Å². The van der Waals surface area contributed by atoms with Crippen molar-refractivity contribution in [3.05, 3.63) is 24.0 Å². The zero-order chi connectivity index (χ0) is 19.7. The van der Waals surface area contributed by atoms with Crippen LogP contribution in [-0.4, -0.2) is 47.9 Å². The van der Waals surface area contributed by atoms with Gasteiger partial charge in [-0.15, -0.1) is 0 Å². The summed E-state index contributed by atoms with van der Waals surface area (Å²) in [7, 11) is 0.676. The number of amides is 1. The van der Waals surface area contributed by atoms with Gasteiger partial charge in [-0.1, -0.05) is 4.68 Å². The van der Waals surface area contributed by atoms with Crippen LogP contribution < -0.4 is 10.00 Å². The highest BCUT2D eigenvalue weighted by Crippen LogP contribution is 2.27. The fourth-order valence-corrected chi connectivity index (χ4v) is 1.64. The average Bonchev–Trinajstić information content (AvgIpc) is 3.41. The number of carbonyl (C=O) groups is 3. The van der Waals surface area contributed by atoms with Gasteiger partial charge in [0, 0.05) is 12.6 Å². The summed E-state index contributed by atoms with van der Waals surface area (Å²) in [5.74, 6) is -2.51. The Morgan fingerprint density at radius 1 is 1.38 bits per heavy atom. The average molecular weight is 378 g/mol. The lowest BCUT2D eigenvalue weighted by Gasteiger charge is -2.02. The Labute approximate surface area is 147 Å². The number of alkyl halides is 3. The SMILES string of the molecule is COC(=O)C(F)(F)F.O=C(O)CC[n+]1ccc(C(=O)NCC2CC2)cn1. The van der Waals surface area contributed by atoms with E-state index in [-0.39, 0.29) is 12.3 Å². The van der Waals surface area contributed by atoms with E-state index in [9.17, 15) is 27.6 Å². The molecule has 0 aromatic carbocycles. The largest absolute Gasteiger partial charge is 0.490 e. The molecular weight excluding hydrogens is 359 g/mol. The van der Waals surface area contributed by atoms with E-state index in [1.807, 2.05) is 0 Å². The molecule has 0 spiro atoms. The molecule has 0 radical (unpaired) electrons. The van der Waals surface area contributed by atoms with Gasteiger partial charge >= 0.3 is 18.1 Å². The normalized spacial score (nSPS) is 13.2. The van der Waals surface area contributed by atoms with Crippen LogP contribution in [0.1, 0.15) is 29.6 Å². The molecule has 1 heterocycles. The van der Waals surface area contributed by atoms with Crippen molar-refractivity contribution < 1.29 is 42.1 Å². The maximum Gasteiger partial charge on any atom is 0.490 e. The second kappa shape index (κ2) is 9.68. The van der Waals surface area contributed by atoms with E-state index in [4.69, 9.17) is 5.11 Å². The Bertz CT molecular complexity index is 630. The van der Waals surface area contributed by atoms with Gasteiger partial charge in [0.25, 0.3) is 5.91 Å². The van der Waals surface area contributed by atoms with E-state index in [1.165, 1.54) is 23.7 Å². The molecule has 1 amide bonds. The molecule has 2 rings (SSSR count). The number of rotatable bonds is 6. The third kappa shape index (κ3) is 8.40. The number of aryl methyl sites for hydroxylation is 1. The predicted octanol–water partition coefficient (Wildman–Crippen LogP) is 0.705. The van der Waals surface area contributed by atoms with E-state index < -0.39 is 18.1 Å². The fraction of sp³-hybridized carbons (Fsp3) is 0.533. The number of nitrogens with zero attached hydrogens (tertiary/aromatic N) is 2. The predicted molar refractivity (Wildman–Crippen MR) is 79.8 cm³/mol. The number of carboxylic acid groups (broad SMARTS) is 1. The second-order valence-corrected chi connectivity index (χ2v) is 5.47. The first-order valence-electron chi connectivity index (χ1n) is 7.64. The van der Waals surface area contributed by atoms with Crippen molar-refractivity contribution in [1.82, 2.24) is 10.4 Å². The number of esters is 1. The first kappa shape index (κ1) is 21.3. The Morgan fingerprint density at radius 2 is 2.04 bits per heavy atom. The number of methoxy groups -OCH3 is 1. The van der Waals surface area contributed by atoms with Gasteiger partial charge in [-0.05, 0) is 23.9 Å². The lowest BCUT2D eigenvalue weighted by Crippen LogP contribution is -2.39. The molecule has 1 aliphatic rings. The number of ether oxygens (including phenoxy) is 1. The van der Waals surface area contributed by atoms with Gasteiger partial charge in [0.05, 0.1) is 12.7 Å². The van der Waals surface area contributed by atoms with Crippen LogP contribution in [0.15, 0.2) is 18.5 Å². The summed E-state index contributed by atoms with van der Waals surface area (Å²) in [5.41, 5.74) is 0.502. The first-order chi connectivity index (χ1) is 12.1. The molecule has 26 heavy (non-hydrogen) atoms. The minimum Gasteiger partial charge on any atom is -0.481 e. The third-order valence-electron chi connectivity index (χ3n) is 3.25. The van der Waals surface area contributed by atoms with Gasteiger partial charge in [-0.3, -0.25) is 9.59 Å². The number of hydrogen-bond donors (Lipinski definition) is 2. The zero-order valence-electron chi connectivity index (χ0n) is 14.0. The molecule has 1 saturated carbocycles. The molecule has 1 aliphatic carbocycles. The monoisotopic (exact) mass is 378 g/mol. The van der Waals surface area contributed by atoms with Gasteiger partial charge in [0.2, 0.25) is 0 Å². The van der Waals surface area contributed by atoms with Crippen molar-refractivity contribution in [2.45, 2.75) is 32.0 Å². The van der Waals surface area contributed by atoms with Crippen molar-refractivity contribution in [2.75, 3.05) is 13.7 Å². The smallest absolute Gasteiger partial charge is 0.481 e. The highest BCUT2D eigenvalue weighted by molar-refractivity contribution is 5.93. The molecule has 0 unspecified atom stereocenters. The van der Waals surface area contributed by atoms with E-state index in [0.717, 1.165) is 6.54 Å². The van der Waals surface area contributed by atoms with Crippen LogP contribution in [0.4, 0.5) is 13.2 Å². The number of halogens is 3. The van der Waals surface area contributed by atoms with Gasteiger partial charge in [-0.2, -0.15) is 13.2 Å². The molecule has 2 N–H and O–H groups in total. The summed E-state index contributed by atoms with van der Waals surface area (Å²) in [6.07, 6.45) is 0.643. The summed E-state index contributed by atoms with van der Waals surface area (Å²) >= 11 is 0. The van der Waals surface area contributed by atoms with Crippen LogP contribution in [0.25, 0.3) is 0 Å². The highest BCUT2D eigenvalue weighted by Gasteiger charge is 2.40. The van der Waals surface area contributed by atoms with E-state index in [0.29, 0.717) is 25.1 Å². The zero-order valence-corrected chi connectivity index (χ0v) is 14.0. The minimum absolute atomic E-state index is 0.0187. The van der Waals surface area contributed by atoms with E-state index in [2.05, 4.69) is 15.2 Å². The number of aliphatic carboxylic acids is 1. The van der Waals surface area contributed by atoms with Gasteiger partial charge in [0.15, 0.2) is 12.7 Å². The summed E-state index contributed by atoms with van der Waals surface area (Å²) < 4.78 is 37.8. The van der Waals surface area contributed by atoms with Crippen LogP contribution in [0.3, 0.4) is 0 Å². The Kier molecular flexibility index (Phi) is 7.94. The van der Waals surface area contributed by atoms with Crippen molar-refractivity contribution in [2.24, 2.45) is 5.92 Å². The van der Waals surface area contributed by atoms with Crippen molar-refractivity contribution >= 4 is 17.8 Å². The standard InChI is InChI=1S/C12H15N3O3.C3H3F3O2/c16-11(17)4-6-15-5-3-10(8-14-15)12(18)13-7-9-1-2-9;1-8-2(7)3(4,5)6/h3,5,8-9H,1-2,4,6-7H2,(H-,13,16,17,18);1H3/p+1. The quantitative estimate of drug-likeness (QED) is 0.557. The topological polar surface area (TPSA) is 109 Å². The maximum atomic E-state index is 11.7. The molecule has 144 valence electrons. The van der Waals surface area contributed by atoms with Crippen LogP contribution >= 0.6 is 0 Å². The van der Waals surface area contributed by atoms with Crippen LogP contribution in [0, 0.1) is 5.92 Å². The Hall–Kier alpha value is -2.72. The highest BCUT2D eigenvalue weighted by atomic mass is 19.4. The number of carbonyl (C=O) groups excluding carboxylic acids is 2. The molecule has 0 atom stereocenters.